The van der Waals surface area contributed by atoms with E-state index in [-0.39, 0.29) is 31.0 Å². The van der Waals surface area contributed by atoms with Crippen molar-refractivity contribution in [2.24, 2.45) is 11.7 Å². The molecule has 1 amide bonds. The van der Waals surface area contributed by atoms with Gasteiger partial charge in [-0.3, -0.25) is 4.79 Å². The van der Waals surface area contributed by atoms with Crippen LogP contribution in [0.2, 0.25) is 0 Å². The van der Waals surface area contributed by atoms with E-state index >= 15 is 0 Å². The molecule has 4 nitrogen and oxygen atoms in total. The van der Waals surface area contributed by atoms with Crippen LogP contribution in [-0.2, 0) is 4.79 Å². The molecule has 5 heteroatoms. The van der Waals surface area contributed by atoms with E-state index in [1.807, 2.05) is 13.0 Å². The number of halogens is 1. The summed E-state index contributed by atoms with van der Waals surface area (Å²) in [5.41, 5.74) is 7.95. The Bertz CT molecular complexity index is 490. The van der Waals surface area contributed by atoms with Crippen LogP contribution in [0.1, 0.15) is 51.2 Å². The van der Waals surface area contributed by atoms with Gasteiger partial charge in [0.25, 0.3) is 5.91 Å². The molecule has 0 saturated heterocycles. The molecule has 0 aliphatic heterocycles. The van der Waals surface area contributed by atoms with Gasteiger partial charge in [-0.25, -0.2) is 0 Å². The standard InChI is InChI=1S/C18H30N2O2.ClH/c1-12(2)8-15(10-19)20-18(21)11-22-17-9-14(5)6-7-16(17)13(3)4;/h6-7,9,12-13,15H,8,10-11,19H2,1-5H3,(H,20,21);1H. The summed E-state index contributed by atoms with van der Waals surface area (Å²) >= 11 is 0. The van der Waals surface area contributed by atoms with Gasteiger partial charge in [-0.05, 0) is 42.4 Å². The zero-order valence-electron chi connectivity index (χ0n) is 14.9. The van der Waals surface area contributed by atoms with Crippen molar-refractivity contribution in [2.75, 3.05) is 13.2 Å². The van der Waals surface area contributed by atoms with Crippen LogP contribution in [-0.4, -0.2) is 25.1 Å². The van der Waals surface area contributed by atoms with E-state index in [9.17, 15) is 4.79 Å². The number of amides is 1. The maximum atomic E-state index is 12.0. The lowest BCUT2D eigenvalue weighted by Gasteiger charge is -2.19. The molecule has 0 fully saturated rings. The predicted molar refractivity (Wildman–Crippen MR) is 98.5 cm³/mol. The number of aryl methyl sites for hydroxylation is 1. The number of ether oxygens (including phenoxy) is 1. The summed E-state index contributed by atoms with van der Waals surface area (Å²) in [4.78, 5) is 12.0. The Hall–Kier alpha value is -1.26. The van der Waals surface area contributed by atoms with Crippen LogP contribution in [0.3, 0.4) is 0 Å². The van der Waals surface area contributed by atoms with E-state index in [0.29, 0.717) is 18.4 Å². The molecule has 23 heavy (non-hydrogen) atoms. The molecule has 0 bridgehead atoms. The molecule has 1 unspecified atom stereocenters. The van der Waals surface area contributed by atoms with Crippen LogP contribution in [0.5, 0.6) is 5.75 Å². The molecule has 1 rings (SSSR count). The molecular formula is C18H31ClN2O2. The monoisotopic (exact) mass is 342 g/mol. The molecule has 1 aromatic rings. The minimum absolute atomic E-state index is 0. The van der Waals surface area contributed by atoms with Crippen LogP contribution in [0.4, 0.5) is 0 Å². The second-order valence-electron chi connectivity index (χ2n) is 6.61. The Kier molecular flexibility index (Phi) is 9.93. The Morgan fingerprint density at radius 1 is 1.26 bits per heavy atom. The van der Waals surface area contributed by atoms with Crippen molar-refractivity contribution in [3.8, 4) is 5.75 Å². The van der Waals surface area contributed by atoms with Crippen molar-refractivity contribution >= 4 is 18.3 Å². The summed E-state index contributed by atoms with van der Waals surface area (Å²) in [5.74, 6) is 1.53. The molecule has 0 aliphatic rings. The summed E-state index contributed by atoms with van der Waals surface area (Å²) in [7, 11) is 0. The molecular weight excluding hydrogens is 312 g/mol. The molecule has 0 spiro atoms. The number of nitrogens with one attached hydrogen (secondary N) is 1. The highest BCUT2D eigenvalue weighted by atomic mass is 35.5. The summed E-state index contributed by atoms with van der Waals surface area (Å²) in [5, 5.41) is 2.94. The third-order valence-corrected chi connectivity index (χ3v) is 3.56. The van der Waals surface area contributed by atoms with Crippen LogP contribution in [0, 0.1) is 12.8 Å². The second kappa shape index (κ2) is 10.5. The molecule has 3 N–H and O–H groups in total. The Morgan fingerprint density at radius 2 is 1.91 bits per heavy atom. The van der Waals surface area contributed by atoms with E-state index in [2.05, 4.69) is 45.1 Å². The van der Waals surface area contributed by atoms with E-state index < -0.39 is 0 Å². The largest absolute Gasteiger partial charge is 0.483 e. The topological polar surface area (TPSA) is 64.3 Å². The van der Waals surface area contributed by atoms with Gasteiger partial charge >= 0.3 is 0 Å². The average Bonchev–Trinajstić information content (AvgIpc) is 2.43. The van der Waals surface area contributed by atoms with Crippen molar-refractivity contribution in [3.05, 3.63) is 29.3 Å². The highest BCUT2D eigenvalue weighted by Crippen LogP contribution is 2.27. The van der Waals surface area contributed by atoms with Gasteiger partial charge in [-0.2, -0.15) is 0 Å². The van der Waals surface area contributed by atoms with E-state index in [4.69, 9.17) is 10.5 Å². The fourth-order valence-corrected chi connectivity index (χ4v) is 2.44. The smallest absolute Gasteiger partial charge is 0.258 e. The maximum Gasteiger partial charge on any atom is 0.258 e. The molecule has 1 atom stereocenters. The van der Waals surface area contributed by atoms with Gasteiger partial charge < -0.3 is 15.8 Å². The van der Waals surface area contributed by atoms with Gasteiger partial charge in [-0.15, -0.1) is 12.4 Å². The highest BCUT2D eigenvalue weighted by Gasteiger charge is 2.14. The third-order valence-electron chi connectivity index (χ3n) is 3.56. The number of carbonyl (C=O) groups is 1. The number of nitrogens with two attached hydrogens (primary N) is 1. The average molecular weight is 343 g/mol. The SMILES string of the molecule is Cc1ccc(C(C)C)c(OCC(=O)NC(CN)CC(C)C)c1.Cl. The lowest BCUT2D eigenvalue weighted by Crippen LogP contribution is -2.43. The first-order chi connectivity index (χ1) is 10.3. The van der Waals surface area contributed by atoms with Crippen LogP contribution in [0.15, 0.2) is 18.2 Å². The first kappa shape index (κ1) is 21.7. The van der Waals surface area contributed by atoms with E-state index in [1.54, 1.807) is 0 Å². The summed E-state index contributed by atoms with van der Waals surface area (Å²) < 4.78 is 5.74. The lowest BCUT2D eigenvalue weighted by atomic mass is 10.0. The van der Waals surface area contributed by atoms with Gasteiger partial charge in [0.15, 0.2) is 6.61 Å². The zero-order chi connectivity index (χ0) is 16.7. The van der Waals surface area contributed by atoms with Gasteiger partial charge in [0, 0.05) is 12.6 Å². The predicted octanol–water partition coefficient (Wildman–Crippen LogP) is 3.41. The quantitative estimate of drug-likeness (QED) is 0.761. The summed E-state index contributed by atoms with van der Waals surface area (Å²) in [6.45, 7) is 11.0. The lowest BCUT2D eigenvalue weighted by molar-refractivity contribution is -0.123. The van der Waals surface area contributed by atoms with Crippen LogP contribution in [0.25, 0.3) is 0 Å². The zero-order valence-corrected chi connectivity index (χ0v) is 15.7. The van der Waals surface area contributed by atoms with Crippen molar-refractivity contribution in [1.82, 2.24) is 5.32 Å². The molecule has 0 saturated carbocycles. The Morgan fingerprint density at radius 3 is 2.43 bits per heavy atom. The van der Waals surface area contributed by atoms with Crippen LogP contribution < -0.4 is 15.8 Å². The maximum absolute atomic E-state index is 12.0. The van der Waals surface area contributed by atoms with Crippen molar-refractivity contribution in [1.29, 1.82) is 0 Å². The number of hydrogen-bond acceptors (Lipinski definition) is 3. The third kappa shape index (κ3) is 7.71. The van der Waals surface area contributed by atoms with E-state index in [1.165, 1.54) is 0 Å². The fourth-order valence-electron chi connectivity index (χ4n) is 2.44. The van der Waals surface area contributed by atoms with Crippen molar-refractivity contribution < 1.29 is 9.53 Å². The molecule has 0 aromatic heterocycles. The number of carbonyl (C=O) groups excluding carboxylic acids is 1. The van der Waals surface area contributed by atoms with E-state index in [0.717, 1.165) is 23.3 Å². The van der Waals surface area contributed by atoms with Crippen molar-refractivity contribution in [3.63, 3.8) is 0 Å². The Balaban J connectivity index is 0.00000484. The van der Waals surface area contributed by atoms with Gasteiger partial charge in [0.1, 0.15) is 5.75 Å². The van der Waals surface area contributed by atoms with Gasteiger partial charge in [0.2, 0.25) is 0 Å². The minimum atomic E-state index is -0.118. The van der Waals surface area contributed by atoms with Gasteiger partial charge in [0.05, 0.1) is 0 Å². The number of hydrogen-bond donors (Lipinski definition) is 2. The fraction of sp³-hybridized carbons (Fsp3) is 0.611. The summed E-state index contributed by atoms with van der Waals surface area (Å²) in [6.07, 6.45) is 0.879. The number of benzene rings is 1. The van der Waals surface area contributed by atoms with Crippen LogP contribution >= 0.6 is 12.4 Å². The Labute approximate surface area is 146 Å². The first-order valence-corrected chi connectivity index (χ1v) is 8.06. The molecule has 0 aliphatic carbocycles. The minimum Gasteiger partial charge on any atom is -0.483 e. The molecule has 0 heterocycles. The molecule has 1 aromatic carbocycles. The molecule has 0 radical (unpaired) electrons. The highest BCUT2D eigenvalue weighted by molar-refractivity contribution is 5.85. The van der Waals surface area contributed by atoms with Crippen molar-refractivity contribution in [2.45, 2.75) is 53.0 Å². The second-order valence-corrected chi connectivity index (χ2v) is 6.61. The summed E-state index contributed by atoms with van der Waals surface area (Å²) in [6, 6.07) is 6.12. The normalized spacial score (nSPS) is 12.0. The van der Waals surface area contributed by atoms with Gasteiger partial charge in [-0.1, -0.05) is 39.8 Å². The molecule has 132 valence electrons. The first-order valence-electron chi connectivity index (χ1n) is 8.06. The number of rotatable bonds is 8.